The standard InChI is InChI=1S/C12H25O2P/c1-5-11(4)12(9-15(13)14)8-6-7-10(2)3/h10-12H,5-9H2,1-4H3/p+1. The van der Waals surface area contributed by atoms with Gasteiger partial charge in [0.1, 0.15) is 0 Å². The van der Waals surface area contributed by atoms with Crippen molar-refractivity contribution in [3.63, 3.8) is 0 Å². The van der Waals surface area contributed by atoms with Crippen molar-refractivity contribution in [3.8, 4) is 0 Å². The van der Waals surface area contributed by atoms with E-state index in [9.17, 15) is 4.57 Å². The Morgan fingerprint density at radius 3 is 2.20 bits per heavy atom. The van der Waals surface area contributed by atoms with Gasteiger partial charge in [0, 0.05) is 5.92 Å². The first kappa shape index (κ1) is 15.1. The van der Waals surface area contributed by atoms with Crippen LogP contribution < -0.4 is 0 Å². The third-order valence-electron chi connectivity index (χ3n) is 3.20. The van der Waals surface area contributed by atoms with Crippen LogP contribution in [-0.2, 0) is 4.57 Å². The topological polar surface area (TPSA) is 37.3 Å². The van der Waals surface area contributed by atoms with Crippen molar-refractivity contribution < 1.29 is 9.46 Å². The molecule has 1 N–H and O–H groups in total. The summed E-state index contributed by atoms with van der Waals surface area (Å²) >= 11 is 0. The van der Waals surface area contributed by atoms with Gasteiger partial charge < -0.3 is 0 Å². The molecule has 3 atom stereocenters. The average molecular weight is 233 g/mol. The normalized spacial score (nSPS) is 16.5. The minimum absolute atomic E-state index is 0.433. The second-order valence-electron chi connectivity index (χ2n) is 5.01. The lowest BCUT2D eigenvalue weighted by Gasteiger charge is -2.18. The molecule has 0 bridgehead atoms. The van der Waals surface area contributed by atoms with Gasteiger partial charge in [0.05, 0.1) is 0 Å². The molecule has 0 spiro atoms. The van der Waals surface area contributed by atoms with Crippen LogP contribution in [0.3, 0.4) is 0 Å². The summed E-state index contributed by atoms with van der Waals surface area (Å²) in [5.74, 6) is 1.75. The molecule has 0 aromatic carbocycles. The molecule has 0 amide bonds. The van der Waals surface area contributed by atoms with Crippen molar-refractivity contribution in [2.45, 2.75) is 53.4 Å². The predicted molar refractivity (Wildman–Crippen MR) is 66.3 cm³/mol. The van der Waals surface area contributed by atoms with Gasteiger partial charge in [0.2, 0.25) is 0 Å². The van der Waals surface area contributed by atoms with Crippen molar-refractivity contribution in [3.05, 3.63) is 0 Å². The van der Waals surface area contributed by atoms with E-state index in [-0.39, 0.29) is 0 Å². The van der Waals surface area contributed by atoms with E-state index in [1.807, 2.05) is 0 Å². The minimum atomic E-state index is -1.96. The zero-order valence-electron chi connectivity index (χ0n) is 10.6. The molecule has 0 aliphatic carbocycles. The summed E-state index contributed by atoms with van der Waals surface area (Å²) in [5, 5.41) is 0. The molecule has 0 saturated heterocycles. The van der Waals surface area contributed by atoms with E-state index in [1.165, 1.54) is 12.8 Å². The van der Waals surface area contributed by atoms with Crippen LogP contribution in [0.1, 0.15) is 53.4 Å². The smallest absolute Gasteiger partial charge is 0.161 e. The summed E-state index contributed by atoms with van der Waals surface area (Å²) < 4.78 is 10.9. The minimum Gasteiger partial charge on any atom is -0.161 e. The quantitative estimate of drug-likeness (QED) is 0.638. The Balaban J connectivity index is 3.95. The van der Waals surface area contributed by atoms with E-state index in [0.717, 1.165) is 18.8 Å². The van der Waals surface area contributed by atoms with E-state index in [2.05, 4.69) is 27.7 Å². The lowest BCUT2D eigenvalue weighted by molar-refractivity contribution is 0.332. The molecule has 2 nitrogen and oxygen atoms in total. The fourth-order valence-electron chi connectivity index (χ4n) is 1.88. The van der Waals surface area contributed by atoms with Crippen LogP contribution >= 0.6 is 8.03 Å². The summed E-state index contributed by atoms with van der Waals surface area (Å²) in [4.78, 5) is 8.98. The lowest BCUT2D eigenvalue weighted by Crippen LogP contribution is -2.14. The van der Waals surface area contributed by atoms with Gasteiger partial charge in [-0.05, 0) is 22.8 Å². The number of hydrogen-bond donors (Lipinski definition) is 1. The zero-order chi connectivity index (χ0) is 11.8. The SMILES string of the molecule is CCC(C)C(CCCC(C)C)C[P+](=O)O. The van der Waals surface area contributed by atoms with Crippen molar-refractivity contribution in [1.82, 2.24) is 0 Å². The van der Waals surface area contributed by atoms with E-state index in [1.54, 1.807) is 0 Å². The van der Waals surface area contributed by atoms with Crippen molar-refractivity contribution in [1.29, 1.82) is 0 Å². The molecule has 0 rings (SSSR count). The average Bonchev–Trinajstić information content (AvgIpc) is 2.14. The van der Waals surface area contributed by atoms with Crippen LogP contribution in [0.4, 0.5) is 0 Å². The summed E-state index contributed by atoms with van der Waals surface area (Å²) in [6.07, 6.45) is 5.12. The second-order valence-corrected chi connectivity index (χ2v) is 6.07. The first-order valence-electron chi connectivity index (χ1n) is 6.10. The Bertz CT molecular complexity index is 180. The van der Waals surface area contributed by atoms with Gasteiger partial charge in [-0.2, -0.15) is 4.89 Å². The predicted octanol–water partition coefficient (Wildman–Crippen LogP) is 4.21. The first-order chi connectivity index (χ1) is 6.97. The molecule has 3 heteroatoms. The molecule has 90 valence electrons. The third kappa shape index (κ3) is 7.93. The number of hydrogen-bond acceptors (Lipinski definition) is 1. The molecule has 0 aromatic heterocycles. The third-order valence-corrected chi connectivity index (χ3v) is 3.98. The van der Waals surface area contributed by atoms with Gasteiger partial charge in [-0.25, -0.2) is 0 Å². The largest absolute Gasteiger partial charge is 0.505 e. The lowest BCUT2D eigenvalue weighted by atomic mass is 9.88. The monoisotopic (exact) mass is 233 g/mol. The van der Waals surface area contributed by atoms with E-state index in [4.69, 9.17) is 4.89 Å². The molecule has 0 heterocycles. The van der Waals surface area contributed by atoms with Gasteiger partial charge >= 0.3 is 8.03 Å². The number of rotatable bonds is 8. The fourth-order valence-corrected chi connectivity index (χ4v) is 2.82. The van der Waals surface area contributed by atoms with Gasteiger partial charge in [-0.15, -0.1) is 0 Å². The maximum absolute atomic E-state index is 10.9. The molecule has 0 radical (unpaired) electrons. The molecule has 0 fully saturated rings. The van der Waals surface area contributed by atoms with Gasteiger partial charge in [-0.3, -0.25) is 0 Å². The van der Waals surface area contributed by atoms with Crippen molar-refractivity contribution in [2.75, 3.05) is 6.16 Å². The zero-order valence-corrected chi connectivity index (χ0v) is 11.5. The fraction of sp³-hybridized carbons (Fsp3) is 1.00. The molecule has 3 unspecified atom stereocenters. The van der Waals surface area contributed by atoms with Gasteiger partial charge in [0.25, 0.3) is 0 Å². The van der Waals surface area contributed by atoms with Crippen molar-refractivity contribution in [2.24, 2.45) is 17.8 Å². The molecule has 0 saturated carbocycles. The summed E-state index contributed by atoms with van der Waals surface area (Å²) in [6, 6.07) is 0. The second kappa shape index (κ2) is 8.24. The molecular weight excluding hydrogens is 207 g/mol. The van der Waals surface area contributed by atoms with Crippen molar-refractivity contribution >= 4 is 8.03 Å². The summed E-state index contributed by atoms with van der Waals surface area (Å²) in [7, 11) is -1.96. The van der Waals surface area contributed by atoms with E-state index in [0.29, 0.717) is 18.0 Å². The van der Waals surface area contributed by atoms with E-state index < -0.39 is 8.03 Å². The Labute approximate surface area is 95.3 Å². The van der Waals surface area contributed by atoms with Crippen LogP contribution in [0, 0.1) is 17.8 Å². The Hall–Kier alpha value is 0.0600. The van der Waals surface area contributed by atoms with Crippen LogP contribution in [0.25, 0.3) is 0 Å². The Morgan fingerprint density at radius 1 is 1.20 bits per heavy atom. The van der Waals surface area contributed by atoms with E-state index >= 15 is 0 Å². The van der Waals surface area contributed by atoms with Crippen LogP contribution in [0.2, 0.25) is 0 Å². The Morgan fingerprint density at radius 2 is 1.80 bits per heavy atom. The molecule has 0 aliphatic rings. The maximum atomic E-state index is 10.9. The molecule has 0 aromatic rings. The first-order valence-corrected chi connectivity index (χ1v) is 7.50. The van der Waals surface area contributed by atoms with Gasteiger partial charge in [0.15, 0.2) is 6.16 Å². The van der Waals surface area contributed by atoms with Crippen LogP contribution in [-0.4, -0.2) is 11.1 Å². The van der Waals surface area contributed by atoms with Gasteiger partial charge in [-0.1, -0.05) is 47.0 Å². The summed E-state index contributed by atoms with van der Waals surface area (Å²) in [5.41, 5.74) is 0. The highest BCUT2D eigenvalue weighted by Gasteiger charge is 2.25. The maximum Gasteiger partial charge on any atom is 0.505 e. The highest BCUT2D eigenvalue weighted by Crippen LogP contribution is 2.30. The summed E-state index contributed by atoms with van der Waals surface area (Å²) in [6.45, 7) is 8.80. The van der Waals surface area contributed by atoms with Crippen LogP contribution in [0.5, 0.6) is 0 Å². The molecular formula is C12H26O2P+. The molecule has 0 aliphatic heterocycles. The molecule has 15 heavy (non-hydrogen) atoms. The highest BCUT2D eigenvalue weighted by atomic mass is 31.1. The highest BCUT2D eigenvalue weighted by molar-refractivity contribution is 7.38. The Kier molecular flexibility index (Phi) is 8.27. The van der Waals surface area contributed by atoms with Crippen LogP contribution in [0.15, 0.2) is 0 Å².